The van der Waals surface area contributed by atoms with Gasteiger partial charge in [-0.2, -0.15) is 8.42 Å². The Bertz CT molecular complexity index is 1470. The monoisotopic (exact) mass is 598 g/mol. The number of amidine groups is 1. The van der Waals surface area contributed by atoms with Crippen molar-refractivity contribution in [1.82, 2.24) is 4.90 Å². The number of halogens is 1. The van der Waals surface area contributed by atoms with Crippen molar-refractivity contribution in [2.24, 2.45) is 4.40 Å². The molecule has 0 unspecified atom stereocenters. The maximum Gasteiger partial charge on any atom is 0.284 e. The van der Waals surface area contributed by atoms with E-state index in [4.69, 9.17) is 9.47 Å². The van der Waals surface area contributed by atoms with Crippen LogP contribution >= 0.6 is 27.7 Å². The third-order valence-electron chi connectivity index (χ3n) is 5.23. The highest BCUT2D eigenvalue weighted by Gasteiger charge is 2.34. The van der Waals surface area contributed by atoms with Crippen molar-refractivity contribution in [1.29, 1.82) is 0 Å². The molecule has 1 aliphatic heterocycles. The number of nitrogens with zero attached hydrogens (tertiary/aromatic N) is 2. The van der Waals surface area contributed by atoms with Gasteiger partial charge in [0.05, 0.1) is 16.9 Å². The van der Waals surface area contributed by atoms with E-state index < -0.39 is 10.0 Å². The molecule has 0 N–H and O–H groups in total. The summed E-state index contributed by atoms with van der Waals surface area (Å²) in [6.07, 6.45) is 3.19. The number of thioether (sulfide) groups is 1. The van der Waals surface area contributed by atoms with Gasteiger partial charge in [-0.05, 0) is 65.4 Å². The Hall–Kier alpha value is -3.34. The van der Waals surface area contributed by atoms with Crippen LogP contribution < -0.4 is 9.47 Å². The molecule has 1 saturated heterocycles. The van der Waals surface area contributed by atoms with E-state index in [0.29, 0.717) is 28.6 Å². The van der Waals surface area contributed by atoms with Crippen LogP contribution in [0.5, 0.6) is 11.5 Å². The Morgan fingerprint density at radius 2 is 1.78 bits per heavy atom. The summed E-state index contributed by atoms with van der Waals surface area (Å²) in [5.41, 5.74) is 1.71. The van der Waals surface area contributed by atoms with Crippen molar-refractivity contribution in [2.75, 3.05) is 13.7 Å². The van der Waals surface area contributed by atoms with Crippen LogP contribution in [0.15, 0.2) is 104 Å². The van der Waals surface area contributed by atoms with Crippen LogP contribution in [0.2, 0.25) is 0 Å². The summed E-state index contributed by atoms with van der Waals surface area (Å²) in [6.45, 7) is 4.18. The smallest absolute Gasteiger partial charge is 0.284 e. The van der Waals surface area contributed by atoms with Gasteiger partial charge in [-0.25, -0.2) is 0 Å². The SMILES string of the molecule is C=CCN1C(=O)/C(=C/c2ccc(OCc3ccccc3)c(OC)c2)S/C1=N/S(=O)(=O)c1ccc(Br)cc1. The minimum Gasteiger partial charge on any atom is -0.493 e. The predicted molar refractivity (Wildman–Crippen MR) is 150 cm³/mol. The normalized spacial score (nSPS) is 15.8. The Labute approximate surface area is 228 Å². The average Bonchev–Trinajstić information content (AvgIpc) is 3.17. The molecule has 0 radical (unpaired) electrons. The largest absolute Gasteiger partial charge is 0.493 e. The molecule has 1 amide bonds. The zero-order chi connectivity index (χ0) is 26.4. The molecule has 190 valence electrons. The number of benzene rings is 3. The highest BCUT2D eigenvalue weighted by molar-refractivity contribution is 9.10. The van der Waals surface area contributed by atoms with E-state index in [0.717, 1.165) is 21.8 Å². The van der Waals surface area contributed by atoms with Crippen LogP contribution in [0.1, 0.15) is 11.1 Å². The van der Waals surface area contributed by atoms with Gasteiger partial charge in [0.15, 0.2) is 16.7 Å². The van der Waals surface area contributed by atoms with E-state index in [1.165, 1.54) is 23.1 Å². The second-order valence-electron chi connectivity index (χ2n) is 7.80. The molecule has 10 heteroatoms. The van der Waals surface area contributed by atoms with Crippen molar-refractivity contribution < 1.29 is 22.7 Å². The molecule has 1 aliphatic rings. The molecule has 0 bridgehead atoms. The number of ether oxygens (including phenoxy) is 2. The van der Waals surface area contributed by atoms with Crippen LogP contribution in [0.4, 0.5) is 0 Å². The van der Waals surface area contributed by atoms with Crippen molar-refractivity contribution in [3.8, 4) is 11.5 Å². The molecule has 1 heterocycles. The van der Waals surface area contributed by atoms with Crippen molar-refractivity contribution in [3.05, 3.63) is 106 Å². The molecule has 7 nitrogen and oxygen atoms in total. The number of hydrogen-bond acceptors (Lipinski definition) is 6. The van der Waals surface area contributed by atoms with Gasteiger partial charge in [-0.1, -0.05) is 58.4 Å². The minimum atomic E-state index is -4.02. The minimum absolute atomic E-state index is 0.0306. The van der Waals surface area contributed by atoms with Crippen molar-refractivity contribution in [2.45, 2.75) is 11.5 Å². The second kappa shape index (κ2) is 11.8. The first-order valence-corrected chi connectivity index (χ1v) is 14.1. The summed E-state index contributed by atoms with van der Waals surface area (Å²) in [5.74, 6) is 0.712. The van der Waals surface area contributed by atoms with E-state index >= 15 is 0 Å². The molecule has 1 fully saturated rings. The first kappa shape index (κ1) is 26.7. The van der Waals surface area contributed by atoms with E-state index in [9.17, 15) is 13.2 Å². The molecule has 0 aromatic heterocycles. The maximum atomic E-state index is 13.1. The molecule has 0 atom stereocenters. The lowest BCUT2D eigenvalue weighted by Crippen LogP contribution is -2.29. The number of rotatable bonds is 9. The fourth-order valence-corrected chi connectivity index (χ4v) is 5.86. The quantitative estimate of drug-likeness (QED) is 0.226. The fourth-order valence-electron chi connectivity index (χ4n) is 3.41. The summed E-state index contributed by atoms with van der Waals surface area (Å²) in [4.78, 5) is 14.8. The summed E-state index contributed by atoms with van der Waals surface area (Å²) in [5, 5.41) is 0.0637. The Morgan fingerprint density at radius 1 is 1.05 bits per heavy atom. The van der Waals surface area contributed by atoms with E-state index in [-0.39, 0.29) is 22.5 Å². The maximum absolute atomic E-state index is 13.1. The standard InChI is InChI=1S/C27H23BrN2O5S2/c1-3-15-30-26(31)25(36-27(30)29-37(32,33)22-12-10-21(28)11-13-22)17-20-9-14-23(24(16-20)34-2)35-18-19-7-5-4-6-8-19/h3-14,16-17H,1,15,18H2,2H3/b25-17-,29-27+. The van der Waals surface area contributed by atoms with Gasteiger partial charge in [0, 0.05) is 11.0 Å². The van der Waals surface area contributed by atoms with Crippen LogP contribution in [-0.2, 0) is 21.4 Å². The molecule has 3 aromatic rings. The highest BCUT2D eigenvalue weighted by atomic mass is 79.9. The highest BCUT2D eigenvalue weighted by Crippen LogP contribution is 2.36. The lowest BCUT2D eigenvalue weighted by molar-refractivity contribution is -0.121. The molecule has 0 aliphatic carbocycles. The van der Waals surface area contributed by atoms with E-state index in [1.54, 1.807) is 43.5 Å². The zero-order valence-electron chi connectivity index (χ0n) is 19.8. The fraction of sp³-hybridized carbons (Fsp3) is 0.111. The van der Waals surface area contributed by atoms with Crippen LogP contribution in [0.3, 0.4) is 0 Å². The van der Waals surface area contributed by atoms with Gasteiger partial charge in [-0.3, -0.25) is 9.69 Å². The lowest BCUT2D eigenvalue weighted by atomic mass is 10.1. The van der Waals surface area contributed by atoms with Crippen LogP contribution in [0, 0.1) is 0 Å². The van der Waals surface area contributed by atoms with Gasteiger partial charge in [0.25, 0.3) is 15.9 Å². The third-order valence-corrected chi connectivity index (χ3v) is 8.16. The zero-order valence-corrected chi connectivity index (χ0v) is 23.1. The molecule has 37 heavy (non-hydrogen) atoms. The molecular formula is C27H23BrN2O5S2. The van der Waals surface area contributed by atoms with Gasteiger partial charge in [0.2, 0.25) is 0 Å². The summed E-state index contributed by atoms with van der Waals surface area (Å²) in [6, 6.07) is 21.2. The van der Waals surface area contributed by atoms with E-state index in [2.05, 4.69) is 26.9 Å². The van der Waals surface area contributed by atoms with Gasteiger partial charge >= 0.3 is 0 Å². The molecular weight excluding hydrogens is 576 g/mol. The number of carbonyl (C=O) groups is 1. The Balaban J connectivity index is 1.59. The first-order valence-electron chi connectivity index (χ1n) is 11.1. The van der Waals surface area contributed by atoms with Gasteiger partial charge in [0.1, 0.15) is 6.61 Å². The molecule has 0 saturated carbocycles. The summed E-state index contributed by atoms with van der Waals surface area (Å²) in [7, 11) is -2.48. The summed E-state index contributed by atoms with van der Waals surface area (Å²) < 4.78 is 41.9. The topological polar surface area (TPSA) is 85.3 Å². The Morgan fingerprint density at radius 3 is 2.46 bits per heavy atom. The average molecular weight is 600 g/mol. The number of sulfonamides is 1. The van der Waals surface area contributed by atoms with Crippen LogP contribution in [0.25, 0.3) is 6.08 Å². The molecule has 4 rings (SSSR count). The third kappa shape index (κ3) is 6.51. The number of hydrogen-bond donors (Lipinski definition) is 0. The second-order valence-corrected chi connectivity index (χ2v) is 11.3. The number of amides is 1. The number of carbonyl (C=O) groups excluding carboxylic acids is 1. The molecule has 0 spiro atoms. The van der Waals surface area contributed by atoms with Gasteiger partial charge < -0.3 is 9.47 Å². The predicted octanol–water partition coefficient (Wildman–Crippen LogP) is 5.88. The van der Waals surface area contributed by atoms with Crippen LogP contribution in [-0.4, -0.2) is 38.0 Å². The molecule has 3 aromatic carbocycles. The van der Waals surface area contributed by atoms with E-state index in [1.807, 2.05) is 30.3 Å². The number of methoxy groups -OCH3 is 1. The van der Waals surface area contributed by atoms with Crippen molar-refractivity contribution in [3.63, 3.8) is 0 Å². The Kier molecular flexibility index (Phi) is 8.52. The lowest BCUT2D eigenvalue weighted by Gasteiger charge is -2.12. The van der Waals surface area contributed by atoms with Gasteiger partial charge in [-0.15, -0.1) is 11.0 Å². The van der Waals surface area contributed by atoms with Crippen molar-refractivity contribution >= 4 is 54.9 Å². The summed E-state index contributed by atoms with van der Waals surface area (Å²) >= 11 is 4.28. The first-order chi connectivity index (χ1) is 17.8.